The van der Waals surface area contributed by atoms with Gasteiger partial charge in [-0.3, -0.25) is 0 Å². The maximum atomic E-state index is 13.2. The minimum Gasteiger partial charge on any atom is -0.377 e. The molecule has 1 aliphatic rings. The molecule has 1 aromatic carbocycles. The smallest absolute Gasteiger partial charge is 0.259 e. The molecule has 2 aromatic heterocycles. The summed E-state index contributed by atoms with van der Waals surface area (Å²) in [6.45, 7) is 1.23. The minimum atomic E-state index is -0.215. The Kier molecular flexibility index (Phi) is 4.62. The normalized spacial score (nSPS) is 17.0. The first kappa shape index (κ1) is 16.7. The van der Waals surface area contributed by atoms with E-state index >= 15 is 0 Å². The van der Waals surface area contributed by atoms with Crippen LogP contribution in [0.5, 0.6) is 0 Å². The molecular formula is C19H19FN4O2. The van der Waals surface area contributed by atoms with Gasteiger partial charge in [0.2, 0.25) is 0 Å². The van der Waals surface area contributed by atoms with Gasteiger partial charge in [-0.2, -0.15) is 4.98 Å². The zero-order chi connectivity index (χ0) is 17.9. The highest BCUT2D eigenvalue weighted by molar-refractivity contribution is 5.55. The number of hydrogen-bond acceptors (Lipinski definition) is 6. The molecular weight excluding hydrogens is 335 g/mol. The summed E-state index contributed by atoms with van der Waals surface area (Å²) < 4.78 is 23.4. The molecule has 0 saturated carbocycles. The van der Waals surface area contributed by atoms with Crippen LogP contribution in [0.15, 0.2) is 47.1 Å². The van der Waals surface area contributed by atoms with E-state index in [0.29, 0.717) is 18.3 Å². The van der Waals surface area contributed by atoms with Crippen LogP contribution >= 0.6 is 0 Å². The van der Waals surface area contributed by atoms with Crippen molar-refractivity contribution in [2.75, 3.05) is 18.6 Å². The van der Waals surface area contributed by atoms with Gasteiger partial charge in [0, 0.05) is 19.9 Å². The maximum absolute atomic E-state index is 13.2. The van der Waals surface area contributed by atoms with Crippen molar-refractivity contribution in [3.05, 3.63) is 59.8 Å². The zero-order valence-corrected chi connectivity index (χ0v) is 14.4. The number of anilines is 1. The van der Waals surface area contributed by atoms with E-state index < -0.39 is 0 Å². The van der Waals surface area contributed by atoms with Gasteiger partial charge in [-0.25, -0.2) is 9.37 Å². The number of ether oxygens (including phenoxy) is 1. The molecule has 0 N–H and O–H groups in total. The van der Waals surface area contributed by atoms with Crippen LogP contribution in [0.1, 0.15) is 30.3 Å². The van der Waals surface area contributed by atoms with Gasteiger partial charge in [-0.1, -0.05) is 17.3 Å². The van der Waals surface area contributed by atoms with Crippen LogP contribution in [0.3, 0.4) is 0 Å². The van der Waals surface area contributed by atoms with E-state index in [9.17, 15) is 4.39 Å². The van der Waals surface area contributed by atoms with Gasteiger partial charge in [-0.15, -0.1) is 0 Å². The van der Waals surface area contributed by atoms with Crippen molar-refractivity contribution in [1.82, 2.24) is 15.1 Å². The Bertz CT molecular complexity index is 864. The van der Waals surface area contributed by atoms with E-state index in [-0.39, 0.29) is 11.9 Å². The van der Waals surface area contributed by atoms with E-state index in [0.717, 1.165) is 36.3 Å². The Morgan fingerprint density at radius 3 is 2.81 bits per heavy atom. The molecule has 1 unspecified atom stereocenters. The second-order valence-corrected chi connectivity index (χ2v) is 6.26. The molecule has 7 heteroatoms. The first-order valence-corrected chi connectivity index (χ1v) is 8.54. The summed E-state index contributed by atoms with van der Waals surface area (Å²) in [6.07, 6.45) is 3.84. The monoisotopic (exact) mass is 354 g/mol. The second-order valence-electron chi connectivity index (χ2n) is 6.26. The molecule has 0 bridgehead atoms. The summed E-state index contributed by atoms with van der Waals surface area (Å²) in [6, 6.07) is 10.8. The molecule has 1 saturated heterocycles. The molecule has 6 nitrogen and oxygen atoms in total. The van der Waals surface area contributed by atoms with Gasteiger partial charge in [-0.05, 0) is 42.7 Å². The third-order valence-corrected chi connectivity index (χ3v) is 4.54. The van der Waals surface area contributed by atoms with Crippen LogP contribution in [-0.4, -0.2) is 28.8 Å². The van der Waals surface area contributed by atoms with Crippen molar-refractivity contribution in [2.45, 2.75) is 25.5 Å². The highest BCUT2D eigenvalue weighted by atomic mass is 19.1. The number of halogens is 1. The fraction of sp³-hybridized carbons (Fsp3) is 0.316. The lowest BCUT2D eigenvalue weighted by Crippen LogP contribution is -2.23. The van der Waals surface area contributed by atoms with Crippen LogP contribution in [0, 0.1) is 5.82 Å². The molecule has 1 aliphatic heterocycles. The fourth-order valence-electron chi connectivity index (χ4n) is 3.31. The van der Waals surface area contributed by atoms with Crippen molar-refractivity contribution in [3.8, 4) is 11.5 Å². The van der Waals surface area contributed by atoms with Gasteiger partial charge >= 0.3 is 0 Å². The molecule has 4 rings (SSSR count). The number of aromatic nitrogens is 3. The number of nitrogens with zero attached hydrogens (tertiary/aromatic N) is 4. The van der Waals surface area contributed by atoms with Gasteiger partial charge in [0.05, 0.1) is 11.6 Å². The first-order valence-electron chi connectivity index (χ1n) is 8.54. The van der Waals surface area contributed by atoms with Crippen molar-refractivity contribution in [3.63, 3.8) is 0 Å². The van der Waals surface area contributed by atoms with E-state index in [1.54, 1.807) is 13.3 Å². The molecule has 0 amide bonds. The standard InChI is InChI=1S/C19H19FN4O2/c1-25-12-17-22-19(26-23-17)14-6-9-18(21-11-14)24-10-2-3-16(24)13-4-7-15(20)8-5-13/h4-9,11,16H,2-3,10,12H2,1H3. The Hall–Kier alpha value is -2.80. The molecule has 3 heterocycles. The highest BCUT2D eigenvalue weighted by Crippen LogP contribution is 2.35. The lowest BCUT2D eigenvalue weighted by Gasteiger charge is -2.26. The third-order valence-electron chi connectivity index (χ3n) is 4.54. The number of methoxy groups -OCH3 is 1. The summed E-state index contributed by atoms with van der Waals surface area (Å²) in [4.78, 5) is 11.1. The predicted octanol–water partition coefficient (Wildman–Crippen LogP) is 3.76. The number of hydrogen-bond donors (Lipinski definition) is 0. The van der Waals surface area contributed by atoms with E-state index in [2.05, 4.69) is 20.0 Å². The fourth-order valence-corrected chi connectivity index (χ4v) is 3.31. The van der Waals surface area contributed by atoms with Gasteiger partial charge < -0.3 is 14.2 Å². The van der Waals surface area contributed by atoms with Crippen molar-refractivity contribution in [2.24, 2.45) is 0 Å². The minimum absolute atomic E-state index is 0.214. The molecule has 1 atom stereocenters. The molecule has 134 valence electrons. The lowest BCUT2D eigenvalue weighted by molar-refractivity contribution is 0.174. The number of benzene rings is 1. The quantitative estimate of drug-likeness (QED) is 0.695. The summed E-state index contributed by atoms with van der Waals surface area (Å²) >= 11 is 0. The summed E-state index contributed by atoms with van der Waals surface area (Å²) in [5, 5.41) is 3.86. The van der Waals surface area contributed by atoms with Crippen molar-refractivity contribution < 1.29 is 13.7 Å². The largest absolute Gasteiger partial charge is 0.377 e. The van der Waals surface area contributed by atoms with Crippen LogP contribution in [-0.2, 0) is 11.3 Å². The SMILES string of the molecule is COCc1noc(-c2ccc(N3CCCC3c3ccc(F)cc3)nc2)n1. The summed E-state index contributed by atoms with van der Waals surface area (Å²) in [7, 11) is 1.58. The Labute approximate surface area is 150 Å². The van der Waals surface area contributed by atoms with E-state index in [1.165, 1.54) is 12.1 Å². The number of rotatable bonds is 5. The average Bonchev–Trinajstić information content (AvgIpc) is 3.33. The third kappa shape index (κ3) is 3.30. The molecule has 1 fully saturated rings. The van der Waals surface area contributed by atoms with Gasteiger partial charge in [0.15, 0.2) is 5.82 Å². The Morgan fingerprint density at radius 1 is 1.23 bits per heavy atom. The van der Waals surface area contributed by atoms with E-state index in [4.69, 9.17) is 9.26 Å². The van der Waals surface area contributed by atoms with Crippen LogP contribution in [0.25, 0.3) is 11.5 Å². The van der Waals surface area contributed by atoms with Gasteiger partial charge in [0.25, 0.3) is 5.89 Å². The molecule has 3 aromatic rings. The molecule has 0 radical (unpaired) electrons. The molecule has 0 spiro atoms. The Balaban J connectivity index is 1.54. The van der Waals surface area contributed by atoms with Crippen LogP contribution < -0.4 is 4.90 Å². The maximum Gasteiger partial charge on any atom is 0.259 e. The highest BCUT2D eigenvalue weighted by Gasteiger charge is 2.27. The molecule has 0 aliphatic carbocycles. The zero-order valence-electron chi connectivity index (χ0n) is 14.4. The Morgan fingerprint density at radius 2 is 2.08 bits per heavy atom. The van der Waals surface area contributed by atoms with Crippen LogP contribution in [0.2, 0.25) is 0 Å². The number of pyridine rings is 1. The van der Waals surface area contributed by atoms with Crippen molar-refractivity contribution in [1.29, 1.82) is 0 Å². The predicted molar refractivity (Wildman–Crippen MR) is 94.0 cm³/mol. The second kappa shape index (κ2) is 7.21. The lowest BCUT2D eigenvalue weighted by atomic mass is 10.0. The van der Waals surface area contributed by atoms with Gasteiger partial charge in [0.1, 0.15) is 18.2 Å². The topological polar surface area (TPSA) is 64.3 Å². The molecule has 26 heavy (non-hydrogen) atoms. The first-order chi connectivity index (χ1) is 12.7. The average molecular weight is 354 g/mol. The summed E-state index contributed by atoms with van der Waals surface area (Å²) in [5.74, 6) is 1.60. The van der Waals surface area contributed by atoms with E-state index in [1.807, 2.05) is 24.3 Å². The van der Waals surface area contributed by atoms with Crippen molar-refractivity contribution >= 4 is 5.82 Å². The summed E-state index contributed by atoms with van der Waals surface area (Å²) in [5.41, 5.74) is 1.87. The van der Waals surface area contributed by atoms with Crippen LogP contribution in [0.4, 0.5) is 10.2 Å².